The average Bonchev–Trinajstić information content (AvgIpc) is 3.29. The molecular weight excluding hydrogens is 434 g/mol. The first-order valence-electron chi connectivity index (χ1n) is 10.6. The number of carbonyl (C=O) groups excluding carboxylic acids is 2. The van der Waals surface area contributed by atoms with E-state index in [1.807, 2.05) is 24.3 Å². The van der Waals surface area contributed by atoms with Gasteiger partial charge >= 0.3 is 12.6 Å². The zero-order valence-corrected chi connectivity index (χ0v) is 18.2. The topological polar surface area (TPSA) is 95.9 Å². The summed E-state index contributed by atoms with van der Waals surface area (Å²) in [5, 5.41) is 11.8. The second-order valence-corrected chi connectivity index (χ2v) is 8.77. The summed E-state index contributed by atoms with van der Waals surface area (Å²) >= 11 is 0. The van der Waals surface area contributed by atoms with E-state index in [1.54, 1.807) is 12.1 Å². The maximum absolute atomic E-state index is 12.7. The van der Waals surface area contributed by atoms with Crippen molar-refractivity contribution >= 4 is 17.8 Å². The molecule has 1 fully saturated rings. The van der Waals surface area contributed by atoms with Gasteiger partial charge < -0.3 is 20.1 Å². The number of likely N-dealkylation sites (tertiary alicyclic amines) is 1. The lowest BCUT2D eigenvalue weighted by molar-refractivity contribution is -0.160. The first-order chi connectivity index (χ1) is 15.6. The summed E-state index contributed by atoms with van der Waals surface area (Å²) in [5.41, 5.74) is 4.44. The molecule has 1 saturated heterocycles. The summed E-state index contributed by atoms with van der Waals surface area (Å²) in [5.74, 6) is -2.47. The Labute approximate surface area is 189 Å². The van der Waals surface area contributed by atoms with E-state index in [0.29, 0.717) is 5.56 Å². The lowest BCUT2D eigenvalue weighted by atomic mass is 9.82. The van der Waals surface area contributed by atoms with Gasteiger partial charge in [0.15, 0.2) is 0 Å². The third kappa shape index (κ3) is 4.20. The minimum absolute atomic E-state index is 0.199. The van der Waals surface area contributed by atoms with Gasteiger partial charge in [0.2, 0.25) is 5.91 Å². The van der Waals surface area contributed by atoms with Crippen LogP contribution in [0, 0.1) is 0 Å². The number of aliphatic carboxylic acids is 1. The van der Waals surface area contributed by atoms with Crippen molar-refractivity contribution in [1.29, 1.82) is 0 Å². The molecule has 9 heteroatoms. The smallest absolute Gasteiger partial charge is 0.345 e. The Bertz CT molecular complexity index is 1120. The Hall–Kier alpha value is -3.33. The summed E-state index contributed by atoms with van der Waals surface area (Å²) < 4.78 is 29.4. The first-order valence-corrected chi connectivity index (χ1v) is 10.6. The van der Waals surface area contributed by atoms with Gasteiger partial charge in [-0.25, -0.2) is 4.79 Å². The highest BCUT2D eigenvalue weighted by Gasteiger charge is 2.41. The lowest BCUT2D eigenvalue weighted by Crippen LogP contribution is -2.45. The normalized spacial score (nSPS) is 20.5. The number of benzene rings is 2. The minimum atomic E-state index is -3.06. The molecule has 1 aliphatic carbocycles. The number of carboxylic acids is 1. The van der Waals surface area contributed by atoms with Crippen molar-refractivity contribution in [2.24, 2.45) is 0 Å². The van der Waals surface area contributed by atoms with Gasteiger partial charge in [0.1, 0.15) is 6.04 Å². The molecule has 0 spiro atoms. The second kappa shape index (κ2) is 8.55. The number of amides is 2. The SMILES string of the molecule is CC1(C)c2ccccc2-c2cc(C(=O)NCC(=O)N3C[C@H](OC(F)F)C[C@H]3C(=O)O)ccc21. The Morgan fingerprint density at radius 3 is 2.55 bits per heavy atom. The summed E-state index contributed by atoms with van der Waals surface area (Å²) in [6, 6.07) is 12.1. The molecule has 33 heavy (non-hydrogen) atoms. The number of nitrogens with zero attached hydrogens (tertiary/aromatic N) is 1. The molecular formula is C24H24F2N2O5. The van der Waals surface area contributed by atoms with Gasteiger partial charge in [0.25, 0.3) is 5.91 Å². The molecule has 0 saturated carbocycles. The number of alkyl halides is 2. The van der Waals surface area contributed by atoms with Crippen molar-refractivity contribution in [3.8, 4) is 11.1 Å². The van der Waals surface area contributed by atoms with E-state index in [9.17, 15) is 28.3 Å². The number of ether oxygens (including phenoxy) is 1. The maximum Gasteiger partial charge on any atom is 0.345 e. The molecule has 174 valence electrons. The van der Waals surface area contributed by atoms with Gasteiger partial charge in [-0.3, -0.25) is 9.59 Å². The highest BCUT2D eigenvalue weighted by molar-refractivity contribution is 5.99. The molecule has 2 aliphatic rings. The summed E-state index contributed by atoms with van der Waals surface area (Å²) in [4.78, 5) is 37.7. The number of carbonyl (C=O) groups is 3. The zero-order chi connectivity index (χ0) is 23.9. The third-order valence-corrected chi connectivity index (χ3v) is 6.41. The van der Waals surface area contributed by atoms with Crippen LogP contribution in [-0.2, 0) is 19.7 Å². The number of hydrogen-bond acceptors (Lipinski definition) is 4. The molecule has 2 aromatic carbocycles. The number of rotatable bonds is 6. The van der Waals surface area contributed by atoms with Gasteiger partial charge in [0.05, 0.1) is 12.6 Å². The molecule has 7 nitrogen and oxygen atoms in total. The molecule has 2 aromatic rings. The predicted octanol–water partition coefficient (Wildman–Crippen LogP) is 3.02. The molecule has 0 bridgehead atoms. The molecule has 2 atom stereocenters. The van der Waals surface area contributed by atoms with Crippen molar-refractivity contribution in [2.45, 2.75) is 44.4 Å². The molecule has 1 aliphatic heterocycles. The third-order valence-electron chi connectivity index (χ3n) is 6.41. The van der Waals surface area contributed by atoms with Crippen LogP contribution in [0.2, 0.25) is 0 Å². The molecule has 1 heterocycles. The number of halogens is 2. The summed E-state index contributed by atoms with van der Waals surface area (Å²) in [7, 11) is 0. The van der Waals surface area contributed by atoms with E-state index in [0.717, 1.165) is 21.6 Å². The molecule has 2 amide bonds. The Balaban J connectivity index is 1.46. The van der Waals surface area contributed by atoms with Crippen LogP contribution >= 0.6 is 0 Å². The van der Waals surface area contributed by atoms with Crippen molar-refractivity contribution in [3.05, 3.63) is 59.2 Å². The van der Waals surface area contributed by atoms with Gasteiger partial charge in [-0.05, 0) is 34.4 Å². The fraction of sp³-hybridized carbons (Fsp3) is 0.375. The number of carboxylic acid groups (broad SMARTS) is 1. The van der Waals surface area contributed by atoms with Crippen LogP contribution < -0.4 is 5.32 Å². The number of fused-ring (bicyclic) bond motifs is 3. The van der Waals surface area contributed by atoms with E-state index < -0.39 is 43.1 Å². The standard InChI is InChI=1S/C24H24F2N2O5/c1-24(2)17-6-4-3-5-15(17)16-9-13(7-8-18(16)24)21(30)27-11-20(29)28-12-14(33-23(25)26)10-19(28)22(31)32/h3-9,14,19,23H,10-12H2,1-2H3,(H,27,30)(H,31,32)/t14-,19+/m1/s1. The zero-order valence-electron chi connectivity index (χ0n) is 18.2. The Morgan fingerprint density at radius 1 is 1.15 bits per heavy atom. The van der Waals surface area contributed by atoms with E-state index in [1.165, 1.54) is 5.56 Å². The summed E-state index contributed by atoms with van der Waals surface area (Å²) in [6.45, 7) is 0.449. The number of hydrogen-bond donors (Lipinski definition) is 2. The largest absolute Gasteiger partial charge is 0.480 e. The van der Waals surface area contributed by atoms with E-state index >= 15 is 0 Å². The molecule has 4 rings (SSSR count). The van der Waals surface area contributed by atoms with Crippen LogP contribution in [0.1, 0.15) is 41.8 Å². The average molecular weight is 458 g/mol. The fourth-order valence-electron chi connectivity index (χ4n) is 4.77. The van der Waals surface area contributed by atoms with Crippen LogP contribution in [-0.4, -0.2) is 59.6 Å². The minimum Gasteiger partial charge on any atom is -0.480 e. The first kappa shape index (κ1) is 22.8. The Morgan fingerprint density at radius 2 is 1.85 bits per heavy atom. The quantitative estimate of drug-likeness (QED) is 0.694. The predicted molar refractivity (Wildman–Crippen MR) is 115 cm³/mol. The number of nitrogens with one attached hydrogen (secondary N) is 1. The van der Waals surface area contributed by atoms with Crippen LogP contribution in [0.5, 0.6) is 0 Å². The molecule has 0 radical (unpaired) electrons. The lowest BCUT2D eigenvalue weighted by Gasteiger charge is -2.22. The molecule has 2 N–H and O–H groups in total. The molecule has 0 aromatic heterocycles. The van der Waals surface area contributed by atoms with Crippen LogP contribution in [0.3, 0.4) is 0 Å². The highest BCUT2D eigenvalue weighted by Crippen LogP contribution is 2.48. The second-order valence-electron chi connectivity index (χ2n) is 8.77. The van der Waals surface area contributed by atoms with Gasteiger partial charge in [-0.15, -0.1) is 0 Å². The van der Waals surface area contributed by atoms with Crippen molar-refractivity contribution in [2.75, 3.05) is 13.1 Å². The summed E-state index contributed by atoms with van der Waals surface area (Å²) in [6.07, 6.45) is -1.31. The van der Waals surface area contributed by atoms with Gasteiger partial charge in [-0.2, -0.15) is 8.78 Å². The van der Waals surface area contributed by atoms with Gasteiger partial charge in [0, 0.05) is 23.9 Å². The Kier molecular flexibility index (Phi) is 5.92. The van der Waals surface area contributed by atoms with Crippen LogP contribution in [0.4, 0.5) is 8.78 Å². The van der Waals surface area contributed by atoms with E-state index in [4.69, 9.17) is 0 Å². The van der Waals surface area contributed by atoms with Crippen molar-refractivity contribution in [3.63, 3.8) is 0 Å². The molecule has 0 unspecified atom stereocenters. The van der Waals surface area contributed by atoms with E-state index in [-0.39, 0.29) is 18.4 Å². The maximum atomic E-state index is 12.7. The highest BCUT2D eigenvalue weighted by atomic mass is 19.3. The fourth-order valence-corrected chi connectivity index (χ4v) is 4.77. The van der Waals surface area contributed by atoms with Gasteiger partial charge in [-0.1, -0.05) is 44.2 Å². The van der Waals surface area contributed by atoms with E-state index in [2.05, 4.69) is 30.0 Å². The van der Waals surface area contributed by atoms with Crippen LogP contribution in [0.15, 0.2) is 42.5 Å². The van der Waals surface area contributed by atoms with Crippen molar-refractivity contribution < 1.29 is 33.0 Å². The monoisotopic (exact) mass is 458 g/mol. The van der Waals surface area contributed by atoms with Crippen LogP contribution in [0.25, 0.3) is 11.1 Å². The van der Waals surface area contributed by atoms with Crippen molar-refractivity contribution in [1.82, 2.24) is 10.2 Å².